The topological polar surface area (TPSA) is 78.4 Å². The average molecular weight is 321 g/mol. The predicted molar refractivity (Wildman–Crippen MR) is 74.5 cm³/mol. The van der Waals surface area contributed by atoms with Crippen LogP contribution in [-0.4, -0.2) is 23.1 Å². The number of hydrogen-bond acceptors (Lipinski definition) is 2. The average Bonchev–Trinajstić information content (AvgIpc) is 2.38. The molecule has 0 saturated carbocycles. The van der Waals surface area contributed by atoms with Crippen molar-refractivity contribution in [2.75, 3.05) is 5.32 Å². The first-order valence-electron chi connectivity index (χ1n) is 6.30. The number of urea groups is 1. The van der Waals surface area contributed by atoms with Gasteiger partial charge in [-0.2, -0.15) is 0 Å². The highest BCUT2D eigenvalue weighted by Gasteiger charge is 2.20. The molecule has 1 rings (SSSR count). The molecule has 0 saturated heterocycles. The van der Waals surface area contributed by atoms with Crippen molar-refractivity contribution >= 4 is 29.3 Å². The molecule has 21 heavy (non-hydrogen) atoms. The molecule has 1 aromatic rings. The molecule has 8 heteroatoms. The minimum absolute atomic E-state index is 0.249. The van der Waals surface area contributed by atoms with Gasteiger partial charge in [-0.3, -0.25) is 0 Å². The van der Waals surface area contributed by atoms with Crippen LogP contribution in [0.1, 0.15) is 26.2 Å². The predicted octanol–water partition coefficient (Wildman–Crippen LogP) is 3.38. The lowest BCUT2D eigenvalue weighted by Gasteiger charge is -2.15. The number of unbranched alkanes of at least 4 members (excludes halogenated alkanes) is 1. The molecule has 0 aliphatic rings. The number of carboxylic acids is 1. The van der Waals surface area contributed by atoms with Gasteiger partial charge in [-0.25, -0.2) is 18.4 Å². The number of anilines is 1. The summed E-state index contributed by atoms with van der Waals surface area (Å²) in [5.74, 6) is -3.12. The number of carbonyl (C=O) groups is 2. The van der Waals surface area contributed by atoms with Crippen LogP contribution in [0.4, 0.5) is 19.3 Å². The van der Waals surface area contributed by atoms with Gasteiger partial charge in [-0.1, -0.05) is 31.4 Å². The van der Waals surface area contributed by atoms with Gasteiger partial charge in [0.25, 0.3) is 0 Å². The van der Waals surface area contributed by atoms with E-state index >= 15 is 0 Å². The van der Waals surface area contributed by atoms with Crippen molar-refractivity contribution in [3.8, 4) is 0 Å². The number of hydrogen-bond donors (Lipinski definition) is 3. The van der Waals surface area contributed by atoms with Crippen LogP contribution in [0.15, 0.2) is 12.1 Å². The van der Waals surface area contributed by atoms with Crippen LogP contribution in [0.25, 0.3) is 0 Å². The minimum atomic E-state index is -1.19. The Labute approximate surface area is 125 Å². The van der Waals surface area contributed by atoms with Crippen LogP contribution >= 0.6 is 11.6 Å². The fourth-order valence-corrected chi connectivity index (χ4v) is 1.88. The van der Waals surface area contributed by atoms with Gasteiger partial charge >= 0.3 is 12.0 Å². The SMILES string of the molecule is CCCCC(NC(=O)Nc1c(F)cc(F)cc1Cl)C(=O)O. The summed E-state index contributed by atoms with van der Waals surface area (Å²) in [5.41, 5.74) is -0.407. The summed E-state index contributed by atoms with van der Waals surface area (Å²) in [7, 11) is 0. The largest absolute Gasteiger partial charge is 0.480 e. The third-order valence-corrected chi connectivity index (χ3v) is 2.99. The fourth-order valence-electron chi connectivity index (χ4n) is 1.64. The van der Waals surface area contributed by atoms with Crippen molar-refractivity contribution in [1.29, 1.82) is 0 Å². The first kappa shape index (κ1) is 17.2. The second-order valence-corrected chi connectivity index (χ2v) is 4.78. The zero-order valence-electron chi connectivity index (χ0n) is 11.3. The molecule has 0 fully saturated rings. The Morgan fingerprint density at radius 3 is 2.57 bits per heavy atom. The maximum absolute atomic E-state index is 13.5. The van der Waals surface area contributed by atoms with E-state index in [9.17, 15) is 18.4 Å². The molecule has 0 spiro atoms. The molecule has 116 valence electrons. The number of nitrogens with one attached hydrogen (secondary N) is 2. The molecule has 5 nitrogen and oxygen atoms in total. The number of carboxylic acid groups (broad SMARTS) is 1. The third kappa shape index (κ3) is 5.18. The van der Waals surface area contributed by atoms with Crippen LogP contribution in [0.5, 0.6) is 0 Å². The van der Waals surface area contributed by atoms with Crippen molar-refractivity contribution in [1.82, 2.24) is 5.32 Å². The summed E-state index contributed by atoms with van der Waals surface area (Å²) in [6.07, 6.45) is 1.63. The lowest BCUT2D eigenvalue weighted by Crippen LogP contribution is -2.43. The molecule has 0 bridgehead atoms. The maximum atomic E-state index is 13.5. The molecular weight excluding hydrogens is 306 g/mol. The second kappa shape index (κ2) is 7.78. The maximum Gasteiger partial charge on any atom is 0.326 e. The summed E-state index contributed by atoms with van der Waals surface area (Å²) in [5, 5.41) is 12.9. The first-order valence-corrected chi connectivity index (χ1v) is 6.67. The molecule has 0 radical (unpaired) electrons. The van der Waals surface area contributed by atoms with Gasteiger partial charge in [-0.15, -0.1) is 0 Å². The Bertz CT molecular complexity index is 517. The molecule has 1 aromatic carbocycles. The second-order valence-electron chi connectivity index (χ2n) is 4.38. The minimum Gasteiger partial charge on any atom is -0.480 e. The van der Waals surface area contributed by atoms with E-state index in [1.807, 2.05) is 6.92 Å². The highest BCUT2D eigenvalue weighted by Crippen LogP contribution is 2.26. The van der Waals surface area contributed by atoms with Gasteiger partial charge in [0.15, 0.2) is 5.82 Å². The zero-order chi connectivity index (χ0) is 16.0. The molecule has 0 aliphatic carbocycles. The fraction of sp³-hybridized carbons (Fsp3) is 0.385. The Balaban J connectivity index is 2.74. The smallest absolute Gasteiger partial charge is 0.326 e. The number of amides is 2. The van der Waals surface area contributed by atoms with Gasteiger partial charge < -0.3 is 15.7 Å². The summed E-state index contributed by atoms with van der Waals surface area (Å²) < 4.78 is 26.4. The molecule has 0 aliphatic heterocycles. The standard InChI is InChI=1S/C13H15ClF2N2O3/c1-2-3-4-10(12(19)20)17-13(21)18-11-8(14)5-7(15)6-9(11)16/h5-6,10H,2-4H2,1H3,(H,19,20)(H2,17,18,21). The van der Waals surface area contributed by atoms with Crippen molar-refractivity contribution in [2.45, 2.75) is 32.2 Å². The summed E-state index contributed by atoms with van der Waals surface area (Å²) >= 11 is 5.62. The number of halogens is 3. The normalized spacial score (nSPS) is 11.8. The lowest BCUT2D eigenvalue weighted by atomic mass is 10.1. The monoisotopic (exact) mass is 320 g/mol. The van der Waals surface area contributed by atoms with Gasteiger partial charge in [-0.05, 0) is 12.5 Å². The Morgan fingerprint density at radius 2 is 2.05 bits per heavy atom. The van der Waals surface area contributed by atoms with Crippen LogP contribution < -0.4 is 10.6 Å². The third-order valence-electron chi connectivity index (χ3n) is 2.70. The number of rotatable bonds is 6. The van der Waals surface area contributed by atoms with Gasteiger partial charge in [0.2, 0.25) is 0 Å². The number of aliphatic carboxylic acids is 1. The number of carbonyl (C=O) groups excluding carboxylic acids is 1. The molecule has 0 heterocycles. The zero-order valence-corrected chi connectivity index (χ0v) is 12.0. The van der Waals surface area contributed by atoms with Crippen LogP contribution in [-0.2, 0) is 4.79 Å². The summed E-state index contributed by atoms with van der Waals surface area (Å²) in [6.45, 7) is 1.88. The summed E-state index contributed by atoms with van der Waals surface area (Å²) in [6, 6.07) is -0.614. The van der Waals surface area contributed by atoms with E-state index in [0.717, 1.165) is 12.5 Å². The Hall–Kier alpha value is -1.89. The van der Waals surface area contributed by atoms with E-state index in [-0.39, 0.29) is 11.4 Å². The molecule has 1 atom stereocenters. The highest BCUT2D eigenvalue weighted by atomic mass is 35.5. The van der Waals surface area contributed by atoms with Crippen LogP contribution in [0, 0.1) is 11.6 Å². The van der Waals surface area contributed by atoms with Gasteiger partial charge in [0, 0.05) is 6.07 Å². The molecule has 2 amide bonds. The molecular formula is C13H15ClF2N2O3. The van der Waals surface area contributed by atoms with E-state index in [1.165, 1.54) is 0 Å². The van der Waals surface area contributed by atoms with Gasteiger partial charge in [0.05, 0.1) is 10.7 Å². The summed E-state index contributed by atoms with van der Waals surface area (Å²) in [4.78, 5) is 22.7. The Kier molecular flexibility index (Phi) is 6.36. The van der Waals surface area contributed by atoms with Crippen molar-refractivity contribution in [2.24, 2.45) is 0 Å². The molecule has 3 N–H and O–H groups in total. The number of benzene rings is 1. The highest BCUT2D eigenvalue weighted by molar-refractivity contribution is 6.33. The van der Waals surface area contributed by atoms with Crippen LogP contribution in [0.2, 0.25) is 5.02 Å². The van der Waals surface area contributed by atoms with E-state index < -0.39 is 35.4 Å². The lowest BCUT2D eigenvalue weighted by molar-refractivity contribution is -0.139. The van der Waals surface area contributed by atoms with Crippen molar-refractivity contribution in [3.05, 3.63) is 28.8 Å². The van der Waals surface area contributed by atoms with E-state index in [4.69, 9.17) is 16.7 Å². The van der Waals surface area contributed by atoms with E-state index in [1.54, 1.807) is 0 Å². The van der Waals surface area contributed by atoms with Crippen LogP contribution in [0.3, 0.4) is 0 Å². The quantitative estimate of drug-likeness (QED) is 0.752. The molecule has 1 unspecified atom stereocenters. The van der Waals surface area contributed by atoms with E-state index in [0.29, 0.717) is 12.5 Å². The van der Waals surface area contributed by atoms with Gasteiger partial charge in [0.1, 0.15) is 11.9 Å². The Morgan fingerprint density at radius 1 is 1.38 bits per heavy atom. The first-order chi connectivity index (χ1) is 9.85. The van der Waals surface area contributed by atoms with E-state index in [2.05, 4.69) is 10.6 Å². The van der Waals surface area contributed by atoms with Crippen molar-refractivity contribution in [3.63, 3.8) is 0 Å². The molecule has 0 aromatic heterocycles. The van der Waals surface area contributed by atoms with Crippen molar-refractivity contribution < 1.29 is 23.5 Å².